The number of nitrogens with one attached hydrogen (secondary N) is 1. The molecule has 0 atom stereocenters. The molecule has 0 fully saturated rings. The molecule has 0 aliphatic rings. The summed E-state index contributed by atoms with van der Waals surface area (Å²) < 4.78 is 40.0. The summed E-state index contributed by atoms with van der Waals surface area (Å²) in [5.74, 6) is 0.275. The minimum absolute atomic E-state index is 0.0112. The van der Waals surface area contributed by atoms with Crippen LogP contribution in [0.15, 0.2) is 83.1 Å². The van der Waals surface area contributed by atoms with Gasteiger partial charge in [0, 0.05) is 11.3 Å². The monoisotopic (exact) mass is 551 g/mol. The Morgan fingerprint density at radius 1 is 0.923 bits per heavy atom. The van der Waals surface area contributed by atoms with Crippen molar-refractivity contribution >= 4 is 23.9 Å². The van der Waals surface area contributed by atoms with Crippen LogP contribution in [0.25, 0.3) is 17.1 Å². The van der Waals surface area contributed by atoms with E-state index in [0.717, 1.165) is 28.9 Å². The summed E-state index contributed by atoms with van der Waals surface area (Å²) in [5.41, 5.74) is 6.18. The van der Waals surface area contributed by atoms with Crippen LogP contribution in [-0.2, 0) is 16.4 Å². The van der Waals surface area contributed by atoms with Gasteiger partial charge in [0.05, 0.1) is 17.5 Å². The van der Waals surface area contributed by atoms with E-state index in [-0.39, 0.29) is 11.2 Å². The second-order valence-corrected chi connectivity index (χ2v) is 10.9. The van der Waals surface area contributed by atoms with Gasteiger partial charge in [-0.15, -0.1) is 10.2 Å². The van der Waals surface area contributed by atoms with Crippen LogP contribution >= 0.6 is 11.8 Å². The first-order chi connectivity index (χ1) is 18.4. The number of aryl methyl sites for hydroxylation is 1. The largest absolute Gasteiger partial charge is 0.416 e. The average molecular weight is 552 g/mol. The summed E-state index contributed by atoms with van der Waals surface area (Å²) in [5, 5.41) is 13.2. The SMILES string of the molecule is Cc1ccc(-n2c(SCC(=O)NN=Cc3ccc(C(F)(F)F)cc3)nnc2-c2ccc(C(C)(C)C)cc2)cc1. The lowest BCUT2D eigenvalue weighted by Gasteiger charge is -2.19. The summed E-state index contributed by atoms with van der Waals surface area (Å²) in [6.07, 6.45) is -3.12. The molecule has 1 amide bonds. The zero-order valence-corrected chi connectivity index (χ0v) is 22.8. The molecule has 1 aromatic heterocycles. The van der Waals surface area contributed by atoms with Crippen LogP contribution < -0.4 is 5.43 Å². The highest BCUT2D eigenvalue weighted by Gasteiger charge is 2.29. The van der Waals surface area contributed by atoms with Gasteiger partial charge in [0.15, 0.2) is 11.0 Å². The van der Waals surface area contributed by atoms with Crippen molar-refractivity contribution < 1.29 is 18.0 Å². The van der Waals surface area contributed by atoms with Crippen LogP contribution in [0.1, 0.15) is 43.0 Å². The van der Waals surface area contributed by atoms with Crippen molar-refractivity contribution in [3.8, 4) is 17.1 Å². The number of alkyl halides is 3. The molecule has 0 spiro atoms. The Bertz CT molecular complexity index is 1450. The van der Waals surface area contributed by atoms with Gasteiger partial charge >= 0.3 is 6.18 Å². The number of benzene rings is 3. The predicted octanol–water partition coefficient (Wildman–Crippen LogP) is 6.80. The Labute approximate surface area is 229 Å². The van der Waals surface area contributed by atoms with Gasteiger partial charge in [0.1, 0.15) is 0 Å². The number of halogens is 3. The highest BCUT2D eigenvalue weighted by atomic mass is 32.2. The number of rotatable bonds is 7. The first kappa shape index (κ1) is 28.1. The third kappa shape index (κ3) is 7.14. The lowest BCUT2D eigenvalue weighted by atomic mass is 9.87. The lowest BCUT2D eigenvalue weighted by Crippen LogP contribution is -2.20. The number of hydrogen-bond acceptors (Lipinski definition) is 5. The molecule has 0 saturated carbocycles. The number of aromatic nitrogens is 3. The quantitative estimate of drug-likeness (QED) is 0.156. The molecule has 10 heteroatoms. The summed E-state index contributed by atoms with van der Waals surface area (Å²) in [7, 11) is 0. The molecular formula is C29H28F3N5OS. The molecule has 1 heterocycles. The number of nitrogens with zero attached hydrogens (tertiary/aromatic N) is 4. The highest BCUT2D eigenvalue weighted by Crippen LogP contribution is 2.31. The summed E-state index contributed by atoms with van der Waals surface area (Å²) in [6.45, 7) is 8.48. The van der Waals surface area contributed by atoms with E-state index in [9.17, 15) is 18.0 Å². The summed E-state index contributed by atoms with van der Waals surface area (Å²) in [6, 6.07) is 20.7. The summed E-state index contributed by atoms with van der Waals surface area (Å²) >= 11 is 1.21. The van der Waals surface area contributed by atoms with Gasteiger partial charge in [-0.25, -0.2) is 5.43 Å². The Hall–Kier alpha value is -3.92. The fourth-order valence-electron chi connectivity index (χ4n) is 3.70. The molecule has 6 nitrogen and oxygen atoms in total. The number of hydrazone groups is 1. The van der Waals surface area contributed by atoms with Gasteiger partial charge in [-0.3, -0.25) is 9.36 Å². The topological polar surface area (TPSA) is 72.2 Å². The summed E-state index contributed by atoms with van der Waals surface area (Å²) in [4.78, 5) is 12.4. The van der Waals surface area contributed by atoms with Crippen LogP contribution in [0.3, 0.4) is 0 Å². The number of thioether (sulfide) groups is 1. The first-order valence-corrected chi connectivity index (χ1v) is 13.2. The van der Waals surface area contributed by atoms with Gasteiger partial charge in [-0.1, -0.05) is 86.6 Å². The second kappa shape index (κ2) is 11.4. The molecule has 0 bridgehead atoms. The van der Waals surface area contributed by atoms with Crippen LogP contribution in [0.5, 0.6) is 0 Å². The van der Waals surface area contributed by atoms with Crippen molar-refractivity contribution in [2.75, 3.05) is 5.75 Å². The van der Waals surface area contributed by atoms with E-state index in [2.05, 4.69) is 53.6 Å². The number of amides is 1. The van der Waals surface area contributed by atoms with Gasteiger partial charge in [0.2, 0.25) is 0 Å². The molecule has 0 aliphatic heterocycles. The Kier molecular flexibility index (Phi) is 8.25. The van der Waals surface area contributed by atoms with Crippen molar-refractivity contribution in [2.45, 2.75) is 44.4 Å². The molecule has 0 saturated heterocycles. The van der Waals surface area contributed by atoms with Crippen molar-refractivity contribution in [1.29, 1.82) is 0 Å². The smallest absolute Gasteiger partial charge is 0.272 e. The van der Waals surface area contributed by atoms with E-state index in [0.29, 0.717) is 16.5 Å². The van der Waals surface area contributed by atoms with E-state index < -0.39 is 17.6 Å². The van der Waals surface area contributed by atoms with Crippen molar-refractivity contribution in [2.24, 2.45) is 5.10 Å². The molecule has 4 aromatic rings. The second-order valence-electron chi connectivity index (χ2n) is 10.0. The molecular weight excluding hydrogens is 523 g/mol. The maximum absolute atomic E-state index is 12.7. The zero-order valence-electron chi connectivity index (χ0n) is 22.0. The fourth-order valence-corrected chi connectivity index (χ4v) is 4.44. The Morgan fingerprint density at radius 2 is 1.54 bits per heavy atom. The minimum atomic E-state index is -4.41. The number of carbonyl (C=O) groups is 1. The zero-order chi connectivity index (χ0) is 28.2. The standard InChI is InChI=1S/C29H28F3N5OS/c1-19-5-15-24(16-6-19)37-26(21-9-13-22(14-10-21)28(2,3)4)35-36-27(37)39-18-25(38)34-33-17-20-7-11-23(12-8-20)29(30,31)32/h5-17H,18H2,1-4H3,(H,34,38). The maximum Gasteiger partial charge on any atom is 0.416 e. The first-order valence-electron chi connectivity index (χ1n) is 12.2. The minimum Gasteiger partial charge on any atom is -0.272 e. The van der Waals surface area contributed by atoms with Gasteiger partial charge in [-0.05, 0) is 47.7 Å². The highest BCUT2D eigenvalue weighted by molar-refractivity contribution is 7.99. The Balaban J connectivity index is 1.49. The molecule has 1 N–H and O–H groups in total. The maximum atomic E-state index is 12.7. The van der Waals surface area contributed by atoms with E-state index in [4.69, 9.17) is 0 Å². The molecule has 0 radical (unpaired) electrons. The van der Waals surface area contributed by atoms with Crippen molar-refractivity contribution in [1.82, 2.24) is 20.2 Å². The van der Waals surface area contributed by atoms with Crippen molar-refractivity contribution in [3.05, 3.63) is 95.1 Å². The average Bonchev–Trinajstić information content (AvgIpc) is 3.31. The fraction of sp³-hybridized carbons (Fsp3) is 0.241. The van der Waals surface area contributed by atoms with Crippen LogP contribution in [0.4, 0.5) is 13.2 Å². The number of carbonyl (C=O) groups excluding carboxylic acids is 1. The molecule has 0 aliphatic carbocycles. The third-order valence-corrected chi connectivity index (χ3v) is 6.84. The third-order valence-electron chi connectivity index (χ3n) is 5.91. The molecule has 202 valence electrons. The predicted molar refractivity (Wildman–Crippen MR) is 148 cm³/mol. The molecule has 0 unspecified atom stereocenters. The van der Waals surface area contributed by atoms with Gasteiger partial charge < -0.3 is 0 Å². The number of hydrogen-bond donors (Lipinski definition) is 1. The van der Waals surface area contributed by atoms with Gasteiger partial charge in [-0.2, -0.15) is 18.3 Å². The van der Waals surface area contributed by atoms with Crippen LogP contribution in [-0.4, -0.2) is 32.6 Å². The van der Waals surface area contributed by atoms with Crippen LogP contribution in [0.2, 0.25) is 0 Å². The normalized spacial score (nSPS) is 12.2. The van der Waals surface area contributed by atoms with Gasteiger partial charge in [0.25, 0.3) is 5.91 Å². The van der Waals surface area contributed by atoms with E-state index in [1.807, 2.05) is 47.9 Å². The Morgan fingerprint density at radius 3 is 2.13 bits per heavy atom. The molecule has 4 rings (SSSR count). The molecule has 3 aromatic carbocycles. The van der Waals surface area contributed by atoms with E-state index >= 15 is 0 Å². The van der Waals surface area contributed by atoms with Crippen LogP contribution in [0, 0.1) is 6.92 Å². The lowest BCUT2D eigenvalue weighted by molar-refractivity contribution is -0.137. The molecule has 39 heavy (non-hydrogen) atoms. The van der Waals surface area contributed by atoms with E-state index in [1.165, 1.54) is 35.7 Å². The van der Waals surface area contributed by atoms with E-state index in [1.54, 1.807) is 0 Å². The van der Waals surface area contributed by atoms with Crippen molar-refractivity contribution in [3.63, 3.8) is 0 Å².